The zero-order chi connectivity index (χ0) is 15.3. The average Bonchev–Trinajstić information content (AvgIpc) is 2.37. The second-order valence-electron chi connectivity index (χ2n) is 4.30. The molecule has 1 amide bonds. The number of carboxylic acids is 1. The topological polar surface area (TPSA) is 66.8 Å². The van der Waals surface area contributed by atoms with E-state index in [1.165, 1.54) is 38.2 Å². The van der Waals surface area contributed by atoms with Gasteiger partial charge in [-0.1, -0.05) is 19.1 Å². The van der Waals surface area contributed by atoms with Crippen molar-refractivity contribution in [3.8, 4) is 5.75 Å². The summed E-state index contributed by atoms with van der Waals surface area (Å²) in [6, 6.07) is 5.59. The number of halogens is 2. The molecule has 20 heavy (non-hydrogen) atoms. The van der Waals surface area contributed by atoms with Crippen LogP contribution in [0.15, 0.2) is 24.3 Å². The lowest BCUT2D eigenvalue weighted by Gasteiger charge is -2.20. The molecule has 1 rings (SSSR count). The summed E-state index contributed by atoms with van der Waals surface area (Å²) in [5.41, 5.74) is -0.0344. The first kappa shape index (κ1) is 15.9. The Morgan fingerprint density at radius 2 is 1.95 bits per heavy atom. The fraction of sp³-hybridized carbons (Fsp3) is 0.385. The maximum atomic E-state index is 12.3. The first-order valence-corrected chi connectivity index (χ1v) is 5.85. The Hall–Kier alpha value is -2.18. The van der Waals surface area contributed by atoms with Crippen molar-refractivity contribution < 1.29 is 28.2 Å². The molecule has 0 unspecified atom stereocenters. The number of carboxylic acid groups (broad SMARTS) is 1. The standard InChI is InChI=1S/C13H15F2NO4/c1-8(12(18)19)7-16(2)11(17)9-5-3-4-6-10(9)20-13(14)15/h3-6,8,13H,7H2,1-2H3,(H,18,19)/t8-/m1/s1. The number of alkyl halides is 2. The number of amides is 1. The van der Waals surface area contributed by atoms with E-state index in [1.807, 2.05) is 0 Å². The molecule has 0 spiro atoms. The third-order valence-corrected chi connectivity index (χ3v) is 2.65. The molecular weight excluding hydrogens is 272 g/mol. The number of hydrogen-bond acceptors (Lipinski definition) is 3. The van der Waals surface area contributed by atoms with Crippen molar-refractivity contribution in [1.82, 2.24) is 4.90 Å². The molecule has 0 aromatic heterocycles. The van der Waals surface area contributed by atoms with E-state index in [2.05, 4.69) is 4.74 Å². The molecule has 110 valence electrons. The third kappa shape index (κ3) is 4.18. The lowest BCUT2D eigenvalue weighted by Crippen LogP contribution is -2.34. The number of rotatable bonds is 6. The van der Waals surface area contributed by atoms with Gasteiger partial charge in [0.1, 0.15) is 5.75 Å². The van der Waals surface area contributed by atoms with Gasteiger partial charge in [0, 0.05) is 13.6 Å². The van der Waals surface area contributed by atoms with Gasteiger partial charge in [-0.2, -0.15) is 8.78 Å². The van der Waals surface area contributed by atoms with Crippen LogP contribution in [0.3, 0.4) is 0 Å². The molecule has 0 saturated carbocycles. The molecular formula is C13H15F2NO4. The van der Waals surface area contributed by atoms with Crippen molar-refractivity contribution in [2.75, 3.05) is 13.6 Å². The van der Waals surface area contributed by atoms with Gasteiger partial charge in [-0.25, -0.2) is 0 Å². The minimum atomic E-state index is -3.04. The summed E-state index contributed by atoms with van der Waals surface area (Å²) >= 11 is 0. The van der Waals surface area contributed by atoms with E-state index in [0.29, 0.717) is 0 Å². The highest BCUT2D eigenvalue weighted by Crippen LogP contribution is 2.21. The van der Waals surface area contributed by atoms with Crippen molar-refractivity contribution in [1.29, 1.82) is 0 Å². The number of hydrogen-bond donors (Lipinski definition) is 1. The maximum absolute atomic E-state index is 12.3. The Bertz CT molecular complexity index is 493. The van der Waals surface area contributed by atoms with Crippen LogP contribution in [0.25, 0.3) is 0 Å². The van der Waals surface area contributed by atoms with Gasteiger partial charge < -0.3 is 14.7 Å². The predicted octanol–water partition coefficient (Wildman–Crippen LogP) is 2.08. The van der Waals surface area contributed by atoms with Crippen molar-refractivity contribution in [3.05, 3.63) is 29.8 Å². The smallest absolute Gasteiger partial charge is 0.387 e. The first-order chi connectivity index (χ1) is 9.32. The van der Waals surface area contributed by atoms with E-state index < -0.39 is 24.4 Å². The van der Waals surface area contributed by atoms with Gasteiger partial charge in [0.2, 0.25) is 0 Å². The quantitative estimate of drug-likeness (QED) is 0.870. The third-order valence-electron chi connectivity index (χ3n) is 2.65. The number of para-hydroxylation sites is 1. The first-order valence-electron chi connectivity index (χ1n) is 5.85. The predicted molar refractivity (Wildman–Crippen MR) is 66.8 cm³/mol. The van der Waals surface area contributed by atoms with Crippen molar-refractivity contribution in [2.45, 2.75) is 13.5 Å². The van der Waals surface area contributed by atoms with Crippen LogP contribution in [-0.4, -0.2) is 42.1 Å². The highest BCUT2D eigenvalue weighted by molar-refractivity contribution is 5.97. The van der Waals surface area contributed by atoms with Crippen LogP contribution in [0.5, 0.6) is 5.75 Å². The summed E-state index contributed by atoms with van der Waals surface area (Å²) in [6.45, 7) is -1.61. The number of carbonyl (C=O) groups is 2. The Balaban J connectivity index is 2.88. The summed E-state index contributed by atoms with van der Waals surface area (Å²) in [6.07, 6.45) is 0. The molecule has 0 aliphatic carbocycles. The minimum Gasteiger partial charge on any atom is -0.481 e. The number of aliphatic carboxylic acids is 1. The van der Waals surface area contributed by atoms with Crippen LogP contribution in [0, 0.1) is 5.92 Å². The van der Waals surface area contributed by atoms with Crippen molar-refractivity contribution >= 4 is 11.9 Å². The lowest BCUT2D eigenvalue weighted by atomic mass is 10.1. The molecule has 1 aromatic rings. The number of ether oxygens (including phenoxy) is 1. The molecule has 1 aromatic carbocycles. The van der Waals surface area contributed by atoms with Gasteiger partial charge >= 0.3 is 12.6 Å². The maximum Gasteiger partial charge on any atom is 0.387 e. The lowest BCUT2D eigenvalue weighted by molar-refractivity contribution is -0.141. The molecule has 1 N–H and O–H groups in total. The molecule has 0 radical (unpaired) electrons. The molecule has 0 fully saturated rings. The molecule has 5 nitrogen and oxygen atoms in total. The van der Waals surface area contributed by atoms with Crippen LogP contribution in [-0.2, 0) is 4.79 Å². The monoisotopic (exact) mass is 287 g/mol. The Morgan fingerprint density at radius 1 is 1.35 bits per heavy atom. The van der Waals surface area contributed by atoms with E-state index in [1.54, 1.807) is 0 Å². The summed E-state index contributed by atoms with van der Waals surface area (Å²) in [5, 5.41) is 8.79. The number of benzene rings is 1. The van der Waals surface area contributed by atoms with E-state index >= 15 is 0 Å². The molecule has 0 bridgehead atoms. The molecule has 1 atom stereocenters. The van der Waals surface area contributed by atoms with E-state index in [9.17, 15) is 18.4 Å². The largest absolute Gasteiger partial charge is 0.481 e. The highest BCUT2D eigenvalue weighted by Gasteiger charge is 2.21. The molecule has 0 saturated heterocycles. The number of carbonyl (C=O) groups excluding carboxylic acids is 1. The van der Waals surface area contributed by atoms with Crippen LogP contribution >= 0.6 is 0 Å². The van der Waals surface area contributed by atoms with Gasteiger partial charge in [0.15, 0.2) is 0 Å². The van der Waals surface area contributed by atoms with Crippen LogP contribution in [0.1, 0.15) is 17.3 Å². The van der Waals surface area contributed by atoms with Crippen LogP contribution in [0.2, 0.25) is 0 Å². The van der Waals surface area contributed by atoms with E-state index in [0.717, 1.165) is 4.90 Å². The molecule has 0 aliphatic heterocycles. The second kappa shape index (κ2) is 6.83. The molecule has 0 aliphatic rings. The SMILES string of the molecule is C[C@H](CN(C)C(=O)c1ccccc1OC(F)F)C(=O)O. The van der Waals surface area contributed by atoms with Crippen LogP contribution < -0.4 is 4.74 Å². The van der Waals surface area contributed by atoms with Crippen LogP contribution in [0.4, 0.5) is 8.78 Å². The average molecular weight is 287 g/mol. The zero-order valence-corrected chi connectivity index (χ0v) is 11.0. The minimum absolute atomic E-state index is 0.0306. The van der Waals surface area contributed by atoms with Gasteiger partial charge in [0.05, 0.1) is 11.5 Å². The number of nitrogens with zero attached hydrogens (tertiary/aromatic N) is 1. The summed E-state index contributed by atoms with van der Waals surface area (Å²) in [5.74, 6) is -2.61. The summed E-state index contributed by atoms with van der Waals surface area (Å²) in [4.78, 5) is 24.0. The summed E-state index contributed by atoms with van der Waals surface area (Å²) in [7, 11) is 1.40. The second-order valence-corrected chi connectivity index (χ2v) is 4.30. The Kier molecular flexibility index (Phi) is 5.42. The fourth-order valence-corrected chi connectivity index (χ4v) is 1.62. The van der Waals surface area contributed by atoms with E-state index in [-0.39, 0.29) is 17.9 Å². The highest BCUT2D eigenvalue weighted by atomic mass is 19.3. The van der Waals surface area contributed by atoms with Gasteiger partial charge in [0.25, 0.3) is 5.91 Å². The van der Waals surface area contributed by atoms with Crippen molar-refractivity contribution in [2.24, 2.45) is 5.92 Å². The summed E-state index contributed by atoms with van der Waals surface area (Å²) < 4.78 is 28.8. The molecule has 0 heterocycles. The Morgan fingerprint density at radius 3 is 2.50 bits per heavy atom. The fourth-order valence-electron chi connectivity index (χ4n) is 1.62. The molecule has 7 heteroatoms. The zero-order valence-electron chi connectivity index (χ0n) is 11.0. The van der Waals surface area contributed by atoms with E-state index in [4.69, 9.17) is 5.11 Å². The Labute approximate surface area is 114 Å². The van der Waals surface area contributed by atoms with Gasteiger partial charge in [-0.3, -0.25) is 9.59 Å². The normalized spacial score (nSPS) is 12.1. The van der Waals surface area contributed by atoms with Gasteiger partial charge in [-0.15, -0.1) is 0 Å². The van der Waals surface area contributed by atoms with Gasteiger partial charge in [-0.05, 0) is 12.1 Å². The van der Waals surface area contributed by atoms with Crippen molar-refractivity contribution in [3.63, 3.8) is 0 Å².